The van der Waals surface area contributed by atoms with Crippen molar-refractivity contribution < 1.29 is 0 Å². The van der Waals surface area contributed by atoms with Gasteiger partial charge >= 0.3 is 0 Å². The standard InChI is InChI=1S/C10H21N5/c1-5-15-9(12-8-13-15)6-14(4)10(2,3)7-11/h8H,5-7,11H2,1-4H3. The molecule has 0 saturated carbocycles. The van der Waals surface area contributed by atoms with E-state index >= 15 is 0 Å². The largest absolute Gasteiger partial charge is 0.329 e. The number of hydrogen-bond acceptors (Lipinski definition) is 4. The van der Waals surface area contributed by atoms with Gasteiger partial charge in [-0.05, 0) is 27.8 Å². The minimum Gasteiger partial charge on any atom is -0.329 e. The van der Waals surface area contributed by atoms with Crippen LogP contribution in [0.4, 0.5) is 0 Å². The van der Waals surface area contributed by atoms with Gasteiger partial charge in [0, 0.05) is 18.6 Å². The number of nitrogens with two attached hydrogens (primary N) is 1. The molecule has 5 nitrogen and oxygen atoms in total. The molecular formula is C10H21N5. The maximum atomic E-state index is 5.72. The van der Waals surface area contributed by atoms with Crippen molar-refractivity contribution >= 4 is 0 Å². The maximum Gasteiger partial charge on any atom is 0.141 e. The summed E-state index contributed by atoms with van der Waals surface area (Å²) in [5, 5.41) is 4.14. The van der Waals surface area contributed by atoms with Crippen LogP contribution in [0, 0.1) is 0 Å². The van der Waals surface area contributed by atoms with Gasteiger partial charge in [0.25, 0.3) is 0 Å². The highest BCUT2D eigenvalue weighted by atomic mass is 15.3. The van der Waals surface area contributed by atoms with Crippen LogP contribution in [0.1, 0.15) is 26.6 Å². The predicted octanol–water partition coefficient (Wildman–Crippen LogP) is 0.467. The first-order chi connectivity index (χ1) is 7.01. The van der Waals surface area contributed by atoms with Crippen LogP contribution in [0.25, 0.3) is 0 Å². The van der Waals surface area contributed by atoms with Crippen LogP contribution in [-0.4, -0.2) is 38.8 Å². The summed E-state index contributed by atoms with van der Waals surface area (Å²) in [6.45, 7) is 8.57. The van der Waals surface area contributed by atoms with Gasteiger partial charge in [0.15, 0.2) is 0 Å². The summed E-state index contributed by atoms with van der Waals surface area (Å²) < 4.78 is 1.91. The molecule has 0 aromatic carbocycles. The fourth-order valence-corrected chi connectivity index (χ4v) is 1.26. The Morgan fingerprint density at radius 1 is 1.53 bits per heavy atom. The summed E-state index contributed by atoms with van der Waals surface area (Å²) >= 11 is 0. The number of aryl methyl sites for hydroxylation is 1. The monoisotopic (exact) mass is 211 g/mol. The van der Waals surface area contributed by atoms with E-state index in [0.29, 0.717) is 6.54 Å². The molecule has 15 heavy (non-hydrogen) atoms. The Morgan fingerprint density at radius 3 is 2.73 bits per heavy atom. The molecule has 0 radical (unpaired) electrons. The lowest BCUT2D eigenvalue weighted by Gasteiger charge is -2.34. The van der Waals surface area contributed by atoms with Gasteiger partial charge in [0.05, 0.1) is 6.54 Å². The van der Waals surface area contributed by atoms with Crippen molar-refractivity contribution in [2.45, 2.75) is 39.4 Å². The Morgan fingerprint density at radius 2 is 2.20 bits per heavy atom. The summed E-state index contributed by atoms with van der Waals surface area (Å²) in [6, 6.07) is 0. The Balaban J connectivity index is 2.70. The van der Waals surface area contributed by atoms with Crippen LogP contribution in [0.2, 0.25) is 0 Å². The molecule has 0 unspecified atom stereocenters. The Hall–Kier alpha value is -0.940. The lowest BCUT2D eigenvalue weighted by atomic mass is 10.0. The van der Waals surface area contributed by atoms with Crippen molar-refractivity contribution in [1.82, 2.24) is 19.7 Å². The van der Waals surface area contributed by atoms with E-state index in [9.17, 15) is 0 Å². The van der Waals surface area contributed by atoms with Crippen LogP contribution in [0.5, 0.6) is 0 Å². The minimum atomic E-state index is -0.00940. The van der Waals surface area contributed by atoms with Crippen molar-refractivity contribution in [2.24, 2.45) is 5.73 Å². The molecule has 0 atom stereocenters. The first-order valence-electron chi connectivity index (χ1n) is 5.29. The molecular weight excluding hydrogens is 190 g/mol. The quantitative estimate of drug-likeness (QED) is 0.769. The minimum absolute atomic E-state index is 0.00940. The second-order valence-corrected chi connectivity index (χ2v) is 4.36. The second kappa shape index (κ2) is 4.72. The van der Waals surface area contributed by atoms with Crippen molar-refractivity contribution in [1.29, 1.82) is 0 Å². The molecule has 1 aromatic rings. The SMILES string of the molecule is CCn1ncnc1CN(C)C(C)(C)CN. The van der Waals surface area contributed by atoms with E-state index in [-0.39, 0.29) is 5.54 Å². The van der Waals surface area contributed by atoms with Crippen LogP contribution < -0.4 is 5.73 Å². The van der Waals surface area contributed by atoms with E-state index in [1.54, 1.807) is 6.33 Å². The Labute approximate surface area is 91.3 Å². The van der Waals surface area contributed by atoms with Crippen molar-refractivity contribution in [3.05, 3.63) is 12.2 Å². The summed E-state index contributed by atoms with van der Waals surface area (Å²) in [5.74, 6) is 0.988. The van der Waals surface area contributed by atoms with Crippen LogP contribution in [0.15, 0.2) is 6.33 Å². The molecule has 1 aromatic heterocycles. The number of aromatic nitrogens is 3. The van der Waals surface area contributed by atoms with Gasteiger partial charge in [-0.3, -0.25) is 4.90 Å². The lowest BCUT2D eigenvalue weighted by molar-refractivity contribution is 0.149. The molecule has 86 valence electrons. The highest BCUT2D eigenvalue weighted by molar-refractivity contribution is 4.89. The average molecular weight is 211 g/mol. The highest BCUT2D eigenvalue weighted by Gasteiger charge is 2.22. The molecule has 0 aliphatic carbocycles. The smallest absolute Gasteiger partial charge is 0.141 e. The molecule has 0 aliphatic rings. The Bertz CT molecular complexity index is 305. The number of likely N-dealkylation sites (N-methyl/N-ethyl adjacent to an activating group) is 1. The van der Waals surface area contributed by atoms with Gasteiger partial charge in [-0.25, -0.2) is 9.67 Å². The maximum absolute atomic E-state index is 5.72. The summed E-state index contributed by atoms with van der Waals surface area (Å²) in [5.41, 5.74) is 5.71. The van der Waals surface area contributed by atoms with Crippen molar-refractivity contribution in [3.63, 3.8) is 0 Å². The van der Waals surface area contributed by atoms with Crippen molar-refractivity contribution in [3.8, 4) is 0 Å². The molecule has 1 heterocycles. The molecule has 0 saturated heterocycles. The highest BCUT2D eigenvalue weighted by Crippen LogP contribution is 2.12. The fourth-order valence-electron chi connectivity index (χ4n) is 1.26. The first-order valence-corrected chi connectivity index (χ1v) is 5.29. The molecule has 2 N–H and O–H groups in total. The first kappa shape index (κ1) is 12.1. The van der Waals surface area contributed by atoms with Crippen molar-refractivity contribution in [2.75, 3.05) is 13.6 Å². The zero-order valence-corrected chi connectivity index (χ0v) is 10.1. The number of nitrogens with zero attached hydrogens (tertiary/aromatic N) is 4. The summed E-state index contributed by atoms with van der Waals surface area (Å²) in [6.07, 6.45) is 1.60. The normalized spacial score (nSPS) is 12.4. The molecule has 1 rings (SSSR count). The summed E-state index contributed by atoms with van der Waals surface area (Å²) in [4.78, 5) is 6.44. The molecule has 0 bridgehead atoms. The van der Waals surface area contributed by atoms with E-state index in [1.165, 1.54) is 0 Å². The lowest BCUT2D eigenvalue weighted by Crippen LogP contribution is -2.46. The zero-order valence-electron chi connectivity index (χ0n) is 10.1. The molecule has 0 amide bonds. The van der Waals surface area contributed by atoms with E-state index in [2.05, 4.69) is 42.8 Å². The van der Waals surface area contributed by atoms with E-state index in [1.807, 2.05) is 4.68 Å². The third-order valence-electron chi connectivity index (χ3n) is 2.91. The Kier molecular flexibility index (Phi) is 3.82. The third kappa shape index (κ3) is 2.76. The average Bonchev–Trinajstić information content (AvgIpc) is 2.65. The number of rotatable bonds is 5. The van der Waals surface area contributed by atoms with E-state index in [0.717, 1.165) is 18.9 Å². The van der Waals surface area contributed by atoms with Gasteiger partial charge in [0.2, 0.25) is 0 Å². The molecule has 5 heteroatoms. The van der Waals surface area contributed by atoms with Gasteiger partial charge in [-0.1, -0.05) is 0 Å². The van der Waals surface area contributed by atoms with Crippen LogP contribution in [-0.2, 0) is 13.1 Å². The fraction of sp³-hybridized carbons (Fsp3) is 0.800. The topological polar surface area (TPSA) is 60.0 Å². The van der Waals surface area contributed by atoms with Crippen LogP contribution >= 0.6 is 0 Å². The third-order valence-corrected chi connectivity index (χ3v) is 2.91. The number of hydrogen-bond donors (Lipinski definition) is 1. The molecule has 0 spiro atoms. The van der Waals surface area contributed by atoms with Gasteiger partial charge in [-0.15, -0.1) is 0 Å². The van der Waals surface area contributed by atoms with E-state index < -0.39 is 0 Å². The molecule has 0 fully saturated rings. The van der Waals surface area contributed by atoms with Crippen LogP contribution in [0.3, 0.4) is 0 Å². The second-order valence-electron chi connectivity index (χ2n) is 4.36. The van der Waals surface area contributed by atoms with Gasteiger partial charge in [-0.2, -0.15) is 5.10 Å². The molecule has 0 aliphatic heterocycles. The van der Waals surface area contributed by atoms with E-state index in [4.69, 9.17) is 5.73 Å². The van der Waals surface area contributed by atoms with Gasteiger partial charge in [0.1, 0.15) is 12.2 Å². The van der Waals surface area contributed by atoms with Gasteiger partial charge < -0.3 is 5.73 Å². The predicted molar refractivity (Wildman–Crippen MR) is 60.3 cm³/mol. The zero-order chi connectivity index (χ0) is 11.5. The summed E-state index contributed by atoms with van der Waals surface area (Å²) in [7, 11) is 2.06.